The van der Waals surface area contributed by atoms with Crippen molar-refractivity contribution in [2.75, 3.05) is 4.43 Å². The summed E-state index contributed by atoms with van der Waals surface area (Å²) in [5.74, 6) is 1.45. The topological polar surface area (TPSA) is 9.23 Å². The predicted octanol–water partition coefficient (Wildman–Crippen LogP) is 9.49. The molecule has 1 saturated carbocycles. The van der Waals surface area contributed by atoms with Gasteiger partial charge in [0.25, 0.3) is 0 Å². The van der Waals surface area contributed by atoms with Gasteiger partial charge in [-0.1, -0.05) is 99.1 Å². The van der Waals surface area contributed by atoms with Crippen molar-refractivity contribution in [1.29, 1.82) is 0 Å². The van der Waals surface area contributed by atoms with Crippen LogP contribution in [0.1, 0.15) is 73.1 Å². The van der Waals surface area contributed by atoms with E-state index in [9.17, 15) is 0 Å². The standard InChI is InChI=1S/C29H39F2IO/c1-21-7-10-23(11-8-21)24-12-13-25(19-27(3,4)18-24)29(30,31)33-26-14-9-22(2)17-28(5,20-26)15-6-16-32/h9,12-14,17-21,23H,6-8,10-11,15-16H2,1-5H3. The number of allylic oxidation sites excluding steroid dienone is 9. The van der Waals surface area contributed by atoms with Gasteiger partial charge < -0.3 is 4.74 Å². The molecule has 0 heterocycles. The van der Waals surface area contributed by atoms with Crippen molar-refractivity contribution in [3.8, 4) is 0 Å². The van der Waals surface area contributed by atoms with Crippen molar-refractivity contribution in [2.45, 2.75) is 79.3 Å². The van der Waals surface area contributed by atoms with Crippen molar-refractivity contribution in [2.24, 2.45) is 22.7 Å². The predicted molar refractivity (Wildman–Crippen MR) is 143 cm³/mol. The summed E-state index contributed by atoms with van der Waals surface area (Å²) >= 11 is 2.36. The number of rotatable bonds is 7. The van der Waals surface area contributed by atoms with Crippen LogP contribution in [-0.2, 0) is 4.74 Å². The average molecular weight is 569 g/mol. The quantitative estimate of drug-likeness (QED) is 0.220. The number of ether oxygens (including phenoxy) is 1. The molecule has 0 bridgehead atoms. The van der Waals surface area contributed by atoms with Crippen molar-refractivity contribution in [3.63, 3.8) is 0 Å². The van der Waals surface area contributed by atoms with Crippen LogP contribution in [-0.4, -0.2) is 10.5 Å². The normalized spacial score (nSPS) is 29.9. The molecule has 4 heteroatoms. The third kappa shape index (κ3) is 7.40. The largest absolute Gasteiger partial charge is 0.429 e. The number of hydrogen-bond acceptors (Lipinski definition) is 1. The molecule has 3 rings (SSSR count). The molecule has 33 heavy (non-hydrogen) atoms. The Morgan fingerprint density at radius 3 is 2.33 bits per heavy atom. The number of halogens is 3. The van der Waals surface area contributed by atoms with Crippen LogP contribution in [0.4, 0.5) is 8.78 Å². The minimum Gasteiger partial charge on any atom is -0.429 e. The molecule has 3 aliphatic rings. The van der Waals surface area contributed by atoms with E-state index < -0.39 is 11.5 Å². The van der Waals surface area contributed by atoms with E-state index in [2.05, 4.69) is 48.6 Å². The van der Waals surface area contributed by atoms with E-state index in [0.717, 1.165) is 41.6 Å². The maximum absolute atomic E-state index is 15.5. The zero-order chi connectivity index (χ0) is 24.3. The van der Waals surface area contributed by atoms with E-state index in [4.69, 9.17) is 4.74 Å². The highest BCUT2D eigenvalue weighted by Gasteiger charge is 2.39. The van der Waals surface area contributed by atoms with Crippen LogP contribution in [0, 0.1) is 22.7 Å². The average Bonchev–Trinajstić information content (AvgIpc) is 2.97. The maximum atomic E-state index is 15.5. The van der Waals surface area contributed by atoms with Gasteiger partial charge in [-0.15, -0.1) is 0 Å². The summed E-state index contributed by atoms with van der Waals surface area (Å²) in [5, 5.41) is 0. The van der Waals surface area contributed by atoms with Crippen LogP contribution in [0.15, 0.2) is 71.1 Å². The van der Waals surface area contributed by atoms with Crippen molar-refractivity contribution < 1.29 is 13.5 Å². The maximum Gasteiger partial charge on any atom is 0.426 e. The Morgan fingerprint density at radius 2 is 1.67 bits per heavy atom. The first-order valence-corrected chi connectivity index (χ1v) is 13.8. The fourth-order valence-electron chi connectivity index (χ4n) is 5.24. The molecule has 1 fully saturated rings. The Kier molecular flexibility index (Phi) is 8.51. The second-order valence-corrected chi connectivity index (χ2v) is 12.1. The molecule has 0 radical (unpaired) electrons. The zero-order valence-corrected chi connectivity index (χ0v) is 22.9. The lowest BCUT2D eigenvalue weighted by molar-refractivity contribution is -0.177. The monoisotopic (exact) mass is 568 g/mol. The summed E-state index contributed by atoms with van der Waals surface area (Å²) in [4.78, 5) is 0. The van der Waals surface area contributed by atoms with Gasteiger partial charge in [0.15, 0.2) is 0 Å². The molecule has 0 amide bonds. The molecule has 0 spiro atoms. The lowest BCUT2D eigenvalue weighted by Crippen LogP contribution is -2.24. The summed E-state index contributed by atoms with van der Waals surface area (Å²) < 4.78 is 37.5. The zero-order valence-electron chi connectivity index (χ0n) is 20.8. The number of hydrogen-bond donors (Lipinski definition) is 0. The van der Waals surface area contributed by atoms with Gasteiger partial charge >= 0.3 is 6.11 Å². The smallest absolute Gasteiger partial charge is 0.426 e. The van der Waals surface area contributed by atoms with Crippen LogP contribution < -0.4 is 0 Å². The molecular weight excluding hydrogens is 529 g/mol. The van der Waals surface area contributed by atoms with Gasteiger partial charge in [0, 0.05) is 10.8 Å². The lowest BCUT2D eigenvalue weighted by atomic mass is 9.77. The Balaban J connectivity index is 1.82. The van der Waals surface area contributed by atoms with E-state index in [1.54, 1.807) is 18.2 Å². The summed E-state index contributed by atoms with van der Waals surface area (Å²) in [6.45, 7) is 10.4. The summed E-state index contributed by atoms with van der Waals surface area (Å²) in [7, 11) is 0. The Bertz CT molecular complexity index is 895. The highest BCUT2D eigenvalue weighted by Crippen LogP contribution is 2.42. The van der Waals surface area contributed by atoms with Crippen LogP contribution in [0.3, 0.4) is 0 Å². The van der Waals surface area contributed by atoms with Crippen molar-refractivity contribution >= 4 is 22.6 Å². The summed E-state index contributed by atoms with van der Waals surface area (Å²) in [5.41, 5.74) is 1.41. The van der Waals surface area contributed by atoms with Gasteiger partial charge in [-0.2, -0.15) is 8.78 Å². The fourth-order valence-corrected chi connectivity index (χ4v) is 5.62. The van der Waals surface area contributed by atoms with Crippen LogP contribution in [0.25, 0.3) is 0 Å². The molecule has 182 valence electrons. The fraction of sp³-hybridized carbons (Fsp3) is 0.586. The van der Waals surface area contributed by atoms with Gasteiger partial charge in [-0.25, -0.2) is 0 Å². The van der Waals surface area contributed by atoms with E-state index in [1.807, 2.05) is 39.0 Å². The second kappa shape index (κ2) is 10.6. The molecule has 0 aliphatic heterocycles. The Morgan fingerprint density at radius 1 is 0.970 bits per heavy atom. The van der Waals surface area contributed by atoms with E-state index in [1.165, 1.54) is 18.4 Å². The third-order valence-corrected chi connectivity index (χ3v) is 7.74. The van der Waals surface area contributed by atoms with Crippen LogP contribution in [0.5, 0.6) is 0 Å². The van der Waals surface area contributed by atoms with E-state index in [-0.39, 0.29) is 16.7 Å². The van der Waals surface area contributed by atoms with Crippen LogP contribution >= 0.6 is 22.6 Å². The minimum atomic E-state index is -3.41. The first-order chi connectivity index (χ1) is 15.4. The van der Waals surface area contributed by atoms with Crippen molar-refractivity contribution in [3.05, 3.63) is 71.1 Å². The molecule has 3 aliphatic carbocycles. The van der Waals surface area contributed by atoms with Gasteiger partial charge in [-0.05, 0) is 72.7 Å². The highest BCUT2D eigenvalue weighted by molar-refractivity contribution is 14.1. The molecular formula is C29H39F2IO. The Labute approximate surface area is 213 Å². The number of alkyl halides is 3. The molecule has 1 nitrogen and oxygen atoms in total. The van der Waals surface area contributed by atoms with Gasteiger partial charge in [-0.3, -0.25) is 0 Å². The van der Waals surface area contributed by atoms with E-state index in [0.29, 0.717) is 5.92 Å². The highest BCUT2D eigenvalue weighted by atomic mass is 127. The minimum absolute atomic E-state index is 0.0693. The first kappa shape index (κ1) is 26.4. The molecule has 0 saturated heterocycles. The van der Waals surface area contributed by atoms with Crippen molar-refractivity contribution in [1.82, 2.24) is 0 Å². The second-order valence-electron chi connectivity index (χ2n) is 11.0. The molecule has 0 aromatic heterocycles. The lowest BCUT2D eigenvalue weighted by Gasteiger charge is -2.28. The summed E-state index contributed by atoms with van der Waals surface area (Å²) in [6.07, 6.45) is 18.1. The van der Waals surface area contributed by atoms with Gasteiger partial charge in [0.1, 0.15) is 5.76 Å². The summed E-state index contributed by atoms with van der Waals surface area (Å²) in [6, 6.07) is 0. The molecule has 1 atom stereocenters. The van der Waals surface area contributed by atoms with Gasteiger partial charge in [0.2, 0.25) is 0 Å². The van der Waals surface area contributed by atoms with Crippen LogP contribution in [0.2, 0.25) is 0 Å². The Hall–Kier alpha value is -1.17. The molecule has 0 aromatic carbocycles. The molecule has 0 N–H and O–H groups in total. The third-order valence-electron chi connectivity index (χ3n) is 6.98. The van der Waals surface area contributed by atoms with Gasteiger partial charge in [0.05, 0.1) is 5.57 Å². The first-order valence-electron chi connectivity index (χ1n) is 12.3. The molecule has 1 unspecified atom stereocenters. The SMILES string of the molecule is CC1=CC(C)(CCCI)C=C(OC(F)(F)C2=CC(C)(C)C=C(C3CCC(C)CC3)C=C2)C=C1. The van der Waals surface area contributed by atoms with E-state index >= 15 is 8.78 Å². The molecule has 0 aromatic rings.